The first kappa shape index (κ1) is 14.6. The number of nitrogens with zero attached hydrogens (tertiary/aromatic N) is 3. The van der Waals surface area contributed by atoms with Crippen molar-refractivity contribution in [3.05, 3.63) is 11.9 Å². The molecule has 9 heteroatoms. The average molecular weight is 269 g/mol. The van der Waals surface area contributed by atoms with Gasteiger partial charge in [0.15, 0.2) is 5.69 Å². The number of carboxylic acids is 1. The lowest BCUT2D eigenvalue weighted by Gasteiger charge is -2.08. The molecular formula is C10H15N5O4. The Morgan fingerprint density at radius 2 is 2.11 bits per heavy atom. The molecule has 0 aliphatic heterocycles. The average Bonchev–Trinajstić information content (AvgIpc) is 2.74. The maximum atomic E-state index is 11.4. The van der Waals surface area contributed by atoms with E-state index in [4.69, 9.17) is 5.11 Å². The number of hydrogen-bond donors (Lipinski definition) is 3. The summed E-state index contributed by atoms with van der Waals surface area (Å²) in [5, 5.41) is 20.0. The fraction of sp³-hybridized carbons (Fsp3) is 0.500. The first-order chi connectivity index (χ1) is 8.88. The van der Waals surface area contributed by atoms with Crippen molar-refractivity contribution in [3.63, 3.8) is 0 Å². The van der Waals surface area contributed by atoms with Gasteiger partial charge in [-0.05, 0) is 5.92 Å². The van der Waals surface area contributed by atoms with Crippen LogP contribution in [0, 0.1) is 5.92 Å². The van der Waals surface area contributed by atoms with Crippen molar-refractivity contribution in [3.8, 4) is 0 Å². The lowest BCUT2D eigenvalue weighted by atomic mass is 10.2. The van der Waals surface area contributed by atoms with Crippen LogP contribution in [0.2, 0.25) is 0 Å². The van der Waals surface area contributed by atoms with E-state index in [-0.39, 0.29) is 18.2 Å². The van der Waals surface area contributed by atoms with E-state index in [1.165, 1.54) is 0 Å². The number of carboxylic acid groups (broad SMARTS) is 1. The van der Waals surface area contributed by atoms with Gasteiger partial charge in [-0.3, -0.25) is 10.1 Å². The van der Waals surface area contributed by atoms with Gasteiger partial charge in [0.2, 0.25) is 5.91 Å². The SMILES string of the molecule is CC(C)CNC(=O)NC(=O)Cn1cc(C(=O)O)nn1. The number of nitrogens with one attached hydrogen (secondary N) is 2. The van der Waals surface area contributed by atoms with Crippen LogP contribution >= 0.6 is 0 Å². The van der Waals surface area contributed by atoms with Crippen LogP contribution in [0.15, 0.2) is 6.20 Å². The molecule has 1 aromatic rings. The fourth-order valence-corrected chi connectivity index (χ4v) is 1.13. The maximum Gasteiger partial charge on any atom is 0.358 e. The minimum Gasteiger partial charge on any atom is -0.476 e. The summed E-state index contributed by atoms with van der Waals surface area (Å²) in [6.45, 7) is 4.01. The summed E-state index contributed by atoms with van der Waals surface area (Å²) < 4.78 is 1.04. The van der Waals surface area contributed by atoms with Crippen LogP contribution < -0.4 is 10.6 Å². The summed E-state index contributed by atoms with van der Waals surface area (Å²) in [7, 11) is 0. The molecule has 1 rings (SSSR count). The molecule has 1 aromatic heterocycles. The monoisotopic (exact) mass is 269 g/mol. The highest BCUT2D eigenvalue weighted by molar-refractivity contribution is 5.94. The minimum absolute atomic E-state index is 0.267. The van der Waals surface area contributed by atoms with E-state index in [9.17, 15) is 14.4 Å². The molecule has 19 heavy (non-hydrogen) atoms. The van der Waals surface area contributed by atoms with Crippen LogP contribution in [-0.2, 0) is 11.3 Å². The lowest BCUT2D eigenvalue weighted by Crippen LogP contribution is -2.42. The number of hydrogen-bond acceptors (Lipinski definition) is 5. The van der Waals surface area contributed by atoms with E-state index >= 15 is 0 Å². The van der Waals surface area contributed by atoms with Gasteiger partial charge in [-0.25, -0.2) is 14.3 Å². The second kappa shape index (κ2) is 6.47. The first-order valence-electron chi connectivity index (χ1n) is 5.59. The maximum absolute atomic E-state index is 11.4. The number of aromatic carboxylic acids is 1. The second-order valence-electron chi connectivity index (χ2n) is 4.26. The Morgan fingerprint density at radius 3 is 2.63 bits per heavy atom. The van der Waals surface area contributed by atoms with Gasteiger partial charge in [0.25, 0.3) is 0 Å². The summed E-state index contributed by atoms with van der Waals surface area (Å²) in [5.41, 5.74) is -0.267. The highest BCUT2D eigenvalue weighted by Gasteiger charge is 2.12. The van der Waals surface area contributed by atoms with E-state index in [0.29, 0.717) is 6.54 Å². The van der Waals surface area contributed by atoms with Crippen LogP contribution in [0.5, 0.6) is 0 Å². The predicted molar refractivity (Wildman–Crippen MR) is 63.4 cm³/mol. The molecule has 1 heterocycles. The number of carbonyl (C=O) groups is 3. The van der Waals surface area contributed by atoms with E-state index < -0.39 is 17.9 Å². The largest absolute Gasteiger partial charge is 0.476 e. The zero-order valence-corrected chi connectivity index (χ0v) is 10.6. The zero-order chi connectivity index (χ0) is 14.4. The number of imide groups is 1. The topological polar surface area (TPSA) is 126 Å². The molecule has 0 unspecified atom stereocenters. The number of carbonyl (C=O) groups excluding carboxylic acids is 2. The van der Waals surface area contributed by atoms with Crippen molar-refractivity contribution in [2.45, 2.75) is 20.4 Å². The molecule has 3 N–H and O–H groups in total. The predicted octanol–water partition coefficient (Wildman–Crippen LogP) is -0.542. The molecule has 9 nitrogen and oxygen atoms in total. The Balaban J connectivity index is 2.42. The van der Waals surface area contributed by atoms with Gasteiger partial charge in [0.1, 0.15) is 6.54 Å². The highest BCUT2D eigenvalue weighted by atomic mass is 16.4. The summed E-state index contributed by atoms with van der Waals surface area (Å²) in [5.74, 6) is -1.57. The molecule has 0 spiro atoms. The number of amides is 3. The molecule has 0 saturated carbocycles. The van der Waals surface area contributed by atoms with Crippen LogP contribution in [0.3, 0.4) is 0 Å². The molecule has 0 aliphatic rings. The van der Waals surface area contributed by atoms with Crippen LogP contribution in [0.4, 0.5) is 4.79 Å². The van der Waals surface area contributed by atoms with Gasteiger partial charge < -0.3 is 10.4 Å². The Bertz CT molecular complexity index is 482. The van der Waals surface area contributed by atoms with Crippen molar-refractivity contribution in [2.24, 2.45) is 5.92 Å². The van der Waals surface area contributed by atoms with Gasteiger partial charge in [-0.2, -0.15) is 0 Å². The standard InChI is InChI=1S/C10H15N5O4/c1-6(2)3-11-10(19)12-8(16)5-15-4-7(9(17)18)13-14-15/h4,6H,3,5H2,1-2H3,(H,17,18)(H2,11,12,16,19). The van der Waals surface area contributed by atoms with Crippen LogP contribution in [0.1, 0.15) is 24.3 Å². The Hall–Kier alpha value is -2.45. The van der Waals surface area contributed by atoms with E-state index in [1.54, 1.807) is 0 Å². The molecule has 0 saturated heterocycles. The van der Waals surface area contributed by atoms with E-state index in [1.807, 2.05) is 13.8 Å². The Kier molecular flexibility index (Phi) is 4.98. The van der Waals surface area contributed by atoms with Gasteiger partial charge in [0.05, 0.1) is 6.20 Å². The molecule has 0 fully saturated rings. The zero-order valence-electron chi connectivity index (χ0n) is 10.6. The molecule has 0 radical (unpaired) electrons. The smallest absolute Gasteiger partial charge is 0.358 e. The molecule has 0 aromatic carbocycles. The van der Waals surface area contributed by atoms with Gasteiger partial charge in [-0.1, -0.05) is 19.1 Å². The van der Waals surface area contributed by atoms with Crippen molar-refractivity contribution in [2.75, 3.05) is 6.54 Å². The number of urea groups is 1. The fourth-order valence-electron chi connectivity index (χ4n) is 1.13. The highest BCUT2D eigenvalue weighted by Crippen LogP contribution is 1.92. The van der Waals surface area contributed by atoms with Gasteiger partial charge in [-0.15, -0.1) is 5.10 Å². The third-order valence-electron chi connectivity index (χ3n) is 1.99. The third kappa shape index (κ3) is 5.15. The van der Waals surface area contributed by atoms with Gasteiger partial charge in [0, 0.05) is 6.54 Å². The van der Waals surface area contributed by atoms with Crippen molar-refractivity contribution in [1.82, 2.24) is 25.6 Å². The summed E-state index contributed by atoms with van der Waals surface area (Å²) >= 11 is 0. The molecule has 0 aliphatic carbocycles. The summed E-state index contributed by atoms with van der Waals surface area (Å²) in [6.07, 6.45) is 1.11. The summed E-state index contributed by atoms with van der Waals surface area (Å²) in [4.78, 5) is 33.3. The summed E-state index contributed by atoms with van der Waals surface area (Å²) in [6, 6.07) is -0.600. The van der Waals surface area contributed by atoms with Crippen LogP contribution in [0.25, 0.3) is 0 Å². The lowest BCUT2D eigenvalue weighted by molar-refractivity contribution is -0.120. The molecule has 3 amide bonds. The quantitative estimate of drug-likeness (QED) is 0.658. The van der Waals surface area contributed by atoms with E-state index in [2.05, 4.69) is 20.9 Å². The minimum atomic E-state index is -1.23. The molecule has 0 bridgehead atoms. The van der Waals surface area contributed by atoms with Crippen LogP contribution in [-0.4, -0.2) is 44.6 Å². The second-order valence-corrected chi connectivity index (χ2v) is 4.26. The number of aromatic nitrogens is 3. The normalized spacial score (nSPS) is 10.3. The Labute approximate surface area is 109 Å². The molecule has 104 valence electrons. The molecule has 0 atom stereocenters. The van der Waals surface area contributed by atoms with Crippen molar-refractivity contribution >= 4 is 17.9 Å². The van der Waals surface area contributed by atoms with Crippen molar-refractivity contribution < 1.29 is 19.5 Å². The van der Waals surface area contributed by atoms with Gasteiger partial charge >= 0.3 is 12.0 Å². The Morgan fingerprint density at radius 1 is 1.42 bits per heavy atom. The van der Waals surface area contributed by atoms with E-state index in [0.717, 1.165) is 10.9 Å². The molecular weight excluding hydrogens is 254 g/mol. The van der Waals surface area contributed by atoms with Crippen molar-refractivity contribution in [1.29, 1.82) is 0 Å². The third-order valence-corrected chi connectivity index (χ3v) is 1.99. The number of rotatable bonds is 5. The first-order valence-corrected chi connectivity index (χ1v) is 5.59.